The van der Waals surface area contributed by atoms with Gasteiger partial charge in [-0.25, -0.2) is 0 Å². The molecule has 0 aromatic rings. The molecule has 1 saturated heterocycles. The van der Waals surface area contributed by atoms with E-state index >= 15 is 0 Å². The van der Waals surface area contributed by atoms with E-state index in [1.54, 1.807) is 0 Å². The number of amides is 1. The Balaban J connectivity index is 0.00000162. The molecule has 0 aromatic heterocycles. The second-order valence-electron chi connectivity index (χ2n) is 5.88. The molecule has 1 aliphatic heterocycles. The first-order valence-corrected chi connectivity index (χ1v) is 7.20. The van der Waals surface area contributed by atoms with Gasteiger partial charge in [-0.15, -0.1) is 12.4 Å². The molecular formula is C14H27ClN2O. The van der Waals surface area contributed by atoms with Gasteiger partial charge in [-0.2, -0.15) is 0 Å². The molecule has 106 valence electrons. The second-order valence-corrected chi connectivity index (χ2v) is 5.88. The Kier molecular flexibility index (Phi) is 6.44. The lowest BCUT2D eigenvalue weighted by Crippen LogP contribution is -2.48. The standard InChI is InChI=1S/C14H26N2O.ClH/c1-11(2)16(13-4-3-5-13)14(17)7-6-12-8-9-15-10-12;/h11-13,15H,3-10H2,1-2H3;1H. The van der Waals surface area contributed by atoms with Crippen LogP contribution in [0.2, 0.25) is 0 Å². The van der Waals surface area contributed by atoms with E-state index in [1.165, 1.54) is 25.7 Å². The normalized spacial score (nSPS) is 23.6. The molecule has 0 aromatic carbocycles. The summed E-state index contributed by atoms with van der Waals surface area (Å²) in [5, 5.41) is 3.37. The van der Waals surface area contributed by atoms with Crippen LogP contribution in [-0.4, -0.2) is 36.0 Å². The number of carbonyl (C=O) groups excluding carboxylic acids is 1. The van der Waals surface area contributed by atoms with Crippen LogP contribution in [0.4, 0.5) is 0 Å². The summed E-state index contributed by atoms with van der Waals surface area (Å²) in [7, 11) is 0. The third-order valence-corrected chi connectivity index (χ3v) is 4.24. The molecule has 1 amide bonds. The summed E-state index contributed by atoms with van der Waals surface area (Å²) in [4.78, 5) is 14.4. The highest BCUT2D eigenvalue weighted by Crippen LogP contribution is 2.27. The highest BCUT2D eigenvalue weighted by molar-refractivity contribution is 5.85. The van der Waals surface area contributed by atoms with Crippen molar-refractivity contribution in [2.24, 2.45) is 5.92 Å². The number of nitrogens with one attached hydrogen (secondary N) is 1. The van der Waals surface area contributed by atoms with Crippen molar-refractivity contribution in [2.45, 2.75) is 64.5 Å². The molecule has 1 saturated carbocycles. The molecule has 1 heterocycles. The summed E-state index contributed by atoms with van der Waals surface area (Å²) < 4.78 is 0. The molecule has 0 spiro atoms. The zero-order valence-electron chi connectivity index (χ0n) is 11.7. The van der Waals surface area contributed by atoms with Crippen molar-refractivity contribution < 1.29 is 4.79 Å². The van der Waals surface area contributed by atoms with Gasteiger partial charge >= 0.3 is 0 Å². The van der Waals surface area contributed by atoms with Crippen molar-refractivity contribution in [3.05, 3.63) is 0 Å². The molecule has 18 heavy (non-hydrogen) atoms. The monoisotopic (exact) mass is 274 g/mol. The maximum atomic E-state index is 12.3. The van der Waals surface area contributed by atoms with Gasteiger partial charge in [0.15, 0.2) is 0 Å². The Hall–Kier alpha value is -0.280. The summed E-state index contributed by atoms with van der Waals surface area (Å²) >= 11 is 0. The van der Waals surface area contributed by atoms with E-state index in [0.29, 0.717) is 18.0 Å². The average Bonchev–Trinajstić information content (AvgIpc) is 2.71. The average molecular weight is 275 g/mol. The topological polar surface area (TPSA) is 32.3 Å². The second kappa shape index (κ2) is 7.34. The molecule has 2 rings (SSSR count). The van der Waals surface area contributed by atoms with Gasteiger partial charge in [-0.1, -0.05) is 0 Å². The van der Waals surface area contributed by atoms with E-state index in [-0.39, 0.29) is 12.4 Å². The van der Waals surface area contributed by atoms with Crippen LogP contribution in [0, 0.1) is 5.92 Å². The van der Waals surface area contributed by atoms with Crippen molar-refractivity contribution in [3.8, 4) is 0 Å². The third kappa shape index (κ3) is 3.86. The molecule has 1 aliphatic carbocycles. The van der Waals surface area contributed by atoms with Gasteiger partial charge in [0.1, 0.15) is 0 Å². The van der Waals surface area contributed by atoms with Gasteiger partial charge in [0, 0.05) is 18.5 Å². The number of halogens is 1. The smallest absolute Gasteiger partial charge is 0.223 e. The van der Waals surface area contributed by atoms with Gasteiger partial charge < -0.3 is 10.2 Å². The summed E-state index contributed by atoms with van der Waals surface area (Å²) in [6, 6.07) is 0.915. The zero-order chi connectivity index (χ0) is 12.3. The zero-order valence-corrected chi connectivity index (χ0v) is 12.5. The lowest BCUT2D eigenvalue weighted by atomic mass is 9.90. The minimum Gasteiger partial charge on any atom is -0.337 e. The van der Waals surface area contributed by atoms with Crippen molar-refractivity contribution in [1.82, 2.24) is 10.2 Å². The minimum absolute atomic E-state index is 0. The molecule has 1 N–H and O–H groups in total. The minimum atomic E-state index is 0. The van der Waals surface area contributed by atoms with Crippen LogP contribution in [0.5, 0.6) is 0 Å². The fourth-order valence-electron chi connectivity index (χ4n) is 3.00. The summed E-state index contributed by atoms with van der Waals surface area (Å²) in [6.45, 7) is 6.54. The van der Waals surface area contributed by atoms with Crippen LogP contribution < -0.4 is 5.32 Å². The molecule has 4 heteroatoms. The van der Waals surface area contributed by atoms with Gasteiger partial charge in [0.2, 0.25) is 5.91 Å². The molecule has 0 bridgehead atoms. The summed E-state index contributed by atoms with van der Waals surface area (Å²) in [5.74, 6) is 1.12. The van der Waals surface area contributed by atoms with Crippen molar-refractivity contribution >= 4 is 18.3 Å². The number of carbonyl (C=O) groups is 1. The summed E-state index contributed by atoms with van der Waals surface area (Å²) in [6.07, 6.45) is 6.80. The maximum absolute atomic E-state index is 12.3. The van der Waals surface area contributed by atoms with Crippen LogP contribution in [-0.2, 0) is 4.79 Å². The fourth-order valence-corrected chi connectivity index (χ4v) is 3.00. The van der Waals surface area contributed by atoms with Crippen LogP contribution >= 0.6 is 12.4 Å². The van der Waals surface area contributed by atoms with Gasteiger partial charge in [0.05, 0.1) is 0 Å². The number of nitrogens with zero attached hydrogens (tertiary/aromatic N) is 1. The first-order valence-electron chi connectivity index (χ1n) is 7.20. The van der Waals surface area contributed by atoms with Crippen molar-refractivity contribution in [3.63, 3.8) is 0 Å². The van der Waals surface area contributed by atoms with E-state index in [4.69, 9.17) is 0 Å². The first kappa shape index (κ1) is 15.8. The molecule has 0 radical (unpaired) electrons. The van der Waals surface area contributed by atoms with Crippen LogP contribution in [0.25, 0.3) is 0 Å². The van der Waals surface area contributed by atoms with E-state index < -0.39 is 0 Å². The Morgan fingerprint density at radius 2 is 2.06 bits per heavy atom. The van der Waals surface area contributed by atoms with Gasteiger partial charge in [0.25, 0.3) is 0 Å². The predicted octanol–water partition coefficient (Wildman–Crippen LogP) is 2.59. The van der Waals surface area contributed by atoms with Crippen LogP contribution in [0.3, 0.4) is 0 Å². The SMILES string of the molecule is CC(C)N(C(=O)CCC1CCNC1)C1CCC1.Cl. The Morgan fingerprint density at radius 1 is 1.33 bits per heavy atom. The molecule has 2 aliphatic rings. The fraction of sp³-hybridized carbons (Fsp3) is 0.929. The number of hydrogen-bond donors (Lipinski definition) is 1. The lowest BCUT2D eigenvalue weighted by molar-refractivity contribution is -0.137. The largest absolute Gasteiger partial charge is 0.337 e. The van der Waals surface area contributed by atoms with Crippen LogP contribution in [0.1, 0.15) is 52.4 Å². The third-order valence-electron chi connectivity index (χ3n) is 4.24. The number of rotatable bonds is 5. The van der Waals surface area contributed by atoms with Crippen LogP contribution in [0.15, 0.2) is 0 Å². The molecule has 1 unspecified atom stereocenters. The summed E-state index contributed by atoms with van der Waals surface area (Å²) in [5.41, 5.74) is 0. The predicted molar refractivity (Wildman–Crippen MR) is 77.1 cm³/mol. The Bertz CT molecular complexity index is 261. The van der Waals surface area contributed by atoms with Crippen molar-refractivity contribution in [2.75, 3.05) is 13.1 Å². The van der Waals surface area contributed by atoms with Crippen molar-refractivity contribution in [1.29, 1.82) is 0 Å². The lowest BCUT2D eigenvalue weighted by Gasteiger charge is -2.40. The molecule has 3 nitrogen and oxygen atoms in total. The van der Waals surface area contributed by atoms with E-state index in [1.807, 2.05) is 0 Å². The quantitative estimate of drug-likeness (QED) is 0.836. The van der Waals surface area contributed by atoms with E-state index in [2.05, 4.69) is 24.1 Å². The van der Waals surface area contributed by atoms with Gasteiger partial charge in [-0.05, 0) is 65.0 Å². The van der Waals surface area contributed by atoms with E-state index in [9.17, 15) is 4.79 Å². The molecular weight excluding hydrogens is 248 g/mol. The Labute approximate surface area is 117 Å². The Morgan fingerprint density at radius 3 is 2.50 bits per heavy atom. The highest BCUT2D eigenvalue weighted by atomic mass is 35.5. The van der Waals surface area contributed by atoms with Gasteiger partial charge in [-0.3, -0.25) is 4.79 Å². The molecule has 2 fully saturated rings. The number of hydrogen-bond acceptors (Lipinski definition) is 2. The molecule has 1 atom stereocenters. The maximum Gasteiger partial charge on any atom is 0.223 e. The first-order chi connectivity index (χ1) is 8.18. The highest BCUT2D eigenvalue weighted by Gasteiger charge is 2.30. The van der Waals surface area contributed by atoms with E-state index in [0.717, 1.165) is 31.8 Å².